The molecule has 0 aliphatic rings. The van der Waals surface area contributed by atoms with E-state index in [0.717, 1.165) is 33.9 Å². The van der Waals surface area contributed by atoms with Crippen LogP contribution >= 0.6 is 11.8 Å². The fraction of sp³-hybridized carbons (Fsp3) is 0.296. The number of aliphatic carboxylic acids is 1. The molecule has 0 saturated carbocycles. The second-order valence-corrected chi connectivity index (χ2v) is 9.29. The number of hydrogen-bond acceptors (Lipinski definition) is 4. The van der Waals surface area contributed by atoms with Gasteiger partial charge in [-0.3, -0.25) is 4.79 Å². The number of hydrogen-bond donors (Lipinski definition) is 1. The molecule has 0 aliphatic carbocycles. The lowest BCUT2D eigenvalue weighted by Gasteiger charge is -2.19. The topological polar surface area (TPSA) is 55.8 Å². The van der Waals surface area contributed by atoms with E-state index in [1.165, 1.54) is 6.07 Å². The van der Waals surface area contributed by atoms with E-state index < -0.39 is 17.7 Å². The highest BCUT2D eigenvalue weighted by Gasteiger charge is 2.31. The zero-order chi connectivity index (χ0) is 25.4. The van der Waals surface area contributed by atoms with Crippen molar-refractivity contribution in [1.29, 1.82) is 0 Å². The minimum Gasteiger partial charge on any atom is -0.487 e. The van der Waals surface area contributed by atoms with E-state index >= 15 is 0 Å². The molecule has 3 aromatic carbocycles. The Hall–Kier alpha value is -3.13. The zero-order valence-electron chi connectivity index (χ0n) is 19.5. The first kappa shape index (κ1) is 26.5. The van der Waals surface area contributed by atoms with Gasteiger partial charge in [-0.05, 0) is 80.3 Å². The largest absolute Gasteiger partial charge is 0.487 e. The van der Waals surface area contributed by atoms with Crippen LogP contribution < -0.4 is 9.47 Å². The van der Waals surface area contributed by atoms with Crippen molar-refractivity contribution in [2.24, 2.45) is 0 Å². The maximum atomic E-state index is 13.2. The third kappa shape index (κ3) is 8.24. The highest BCUT2D eigenvalue weighted by atomic mass is 32.2. The number of alkyl halides is 3. The first-order valence-electron chi connectivity index (χ1n) is 11.2. The Morgan fingerprint density at radius 2 is 1.77 bits per heavy atom. The molecule has 0 bridgehead atoms. The normalized spacial score (nSPS) is 12.3. The maximum absolute atomic E-state index is 13.2. The summed E-state index contributed by atoms with van der Waals surface area (Å²) in [6, 6.07) is 17.8. The molecular weight excluding hydrogens is 477 g/mol. The molecule has 1 atom stereocenters. The summed E-state index contributed by atoms with van der Waals surface area (Å²) in [5, 5.41) is 8.86. The van der Waals surface area contributed by atoms with E-state index in [4.69, 9.17) is 14.6 Å². The van der Waals surface area contributed by atoms with Gasteiger partial charge < -0.3 is 14.6 Å². The highest BCUT2D eigenvalue weighted by Crippen LogP contribution is 2.39. The second kappa shape index (κ2) is 12.0. The zero-order valence-corrected chi connectivity index (χ0v) is 20.3. The van der Waals surface area contributed by atoms with E-state index in [1.54, 1.807) is 42.1 Å². The second-order valence-electron chi connectivity index (χ2n) is 8.12. The Morgan fingerprint density at radius 3 is 2.43 bits per heavy atom. The molecule has 0 spiro atoms. The summed E-state index contributed by atoms with van der Waals surface area (Å²) in [5.41, 5.74) is 1.26. The highest BCUT2D eigenvalue weighted by molar-refractivity contribution is 7.99. The Bertz CT molecular complexity index is 1130. The van der Waals surface area contributed by atoms with Crippen molar-refractivity contribution in [3.63, 3.8) is 0 Å². The SMILES string of the molecule is Cc1cc(SCC[C@@H](C)Oc2ccc(C(F)(F)F)cc2Oc2ccccc2)ccc1CCC(=O)O. The molecule has 0 unspecified atom stereocenters. The van der Waals surface area contributed by atoms with Crippen LogP contribution in [-0.4, -0.2) is 22.9 Å². The number of halogens is 3. The fourth-order valence-corrected chi connectivity index (χ4v) is 4.49. The number of carboxylic acid groups (broad SMARTS) is 1. The first-order valence-corrected chi connectivity index (χ1v) is 12.2. The van der Waals surface area contributed by atoms with E-state index in [1.807, 2.05) is 32.0 Å². The van der Waals surface area contributed by atoms with Crippen molar-refractivity contribution in [2.45, 2.75) is 50.3 Å². The monoisotopic (exact) mass is 504 g/mol. The van der Waals surface area contributed by atoms with Gasteiger partial charge in [0, 0.05) is 17.1 Å². The van der Waals surface area contributed by atoms with E-state index in [2.05, 4.69) is 0 Å². The lowest BCUT2D eigenvalue weighted by molar-refractivity contribution is -0.138. The van der Waals surface area contributed by atoms with Gasteiger partial charge >= 0.3 is 12.1 Å². The molecule has 3 rings (SSSR count). The van der Waals surface area contributed by atoms with Gasteiger partial charge in [-0.1, -0.05) is 24.3 Å². The van der Waals surface area contributed by atoms with Gasteiger partial charge in [0.1, 0.15) is 5.75 Å². The lowest BCUT2D eigenvalue weighted by atomic mass is 10.0. The van der Waals surface area contributed by atoms with Crippen molar-refractivity contribution in [3.05, 3.63) is 83.4 Å². The lowest BCUT2D eigenvalue weighted by Crippen LogP contribution is -2.14. The number of para-hydroxylation sites is 1. The van der Waals surface area contributed by atoms with E-state index in [-0.39, 0.29) is 24.0 Å². The van der Waals surface area contributed by atoms with E-state index in [9.17, 15) is 18.0 Å². The molecule has 1 N–H and O–H groups in total. The van der Waals surface area contributed by atoms with Gasteiger partial charge in [-0.25, -0.2) is 0 Å². The van der Waals surface area contributed by atoms with Crippen LogP contribution in [0.2, 0.25) is 0 Å². The maximum Gasteiger partial charge on any atom is 0.416 e. The number of ether oxygens (including phenoxy) is 2. The average molecular weight is 505 g/mol. The molecule has 4 nitrogen and oxygen atoms in total. The third-order valence-corrected chi connectivity index (χ3v) is 6.31. The molecule has 0 aliphatic heterocycles. The van der Waals surface area contributed by atoms with Gasteiger partial charge in [0.15, 0.2) is 11.5 Å². The van der Waals surface area contributed by atoms with Crippen LogP contribution in [0.3, 0.4) is 0 Å². The van der Waals surface area contributed by atoms with Gasteiger partial charge in [0.05, 0.1) is 11.7 Å². The summed E-state index contributed by atoms with van der Waals surface area (Å²) >= 11 is 1.64. The number of benzene rings is 3. The van der Waals surface area contributed by atoms with Crippen LogP contribution in [0.5, 0.6) is 17.2 Å². The molecule has 8 heteroatoms. The number of aryl methyl sites for hydroxylation is 2. The van der Waals surface area contributed by atoms with Crippen LogP contribution in [0.15, 0.2) is 71.6 Å². The molecule has 3 aromatic rings. The predicted molar refractivity (Wildman–Crippen MR) is 131 cm³/mol. The fourth-order valence-electron chi connectivity index (χ4n) is 3.38. The standard InChI is InChI=1S/C27H27F3O4S/c1-18-16-23(11-8-20(18)9-13-26(31)32)35-15-14-19(2)33-24-12-10-21(27(28,29)30)17-25(24)34-22-6-4-3-5-7-22/h3-8,10-12,16-17,19H,9,13-15H2,1-2H3,(H,31,32)/t19-/m1/s1. The summed E-state index contributed by atoms with van der Waals surface area (Å²) in [4.78, 5) is 11.9. The molecular formula is C27H27F3O4S. The van der Waals surface area contributed by atoms with Gasteiger partial charge in [-0.2, -0.15) is 13.2 Å². The summed E-state index contributed by atoms with van der Waals surface area (Å²) in [5.74, 6) is 0.602. The first-order chi connectivity index (χ1) is 16.6. The Balaban J connectivity index is 1.61. The minimum atomic E-state index is -4.49. The predicted octanol–water partition coefficient (Wildman–Crippen LogP) is 7.77. The quantitative estimate of drug-likeness (QED) is 0.270. The molecule has 0 amide bonds. The Morgan fingerprint density at radius 1 is 1.03 bits per heavy atom. The van der Waals surface area contributed by atoms with Crippen LogP contribution in [0.4, 0.5) is 13.2 Å². The van der Waals surface area contributed by atoms with Crippen LogP contribution in [0.1, 0.15) is 36.5 Å². The minimum absolute atomic E-state index is 0.0121. The smallest absolute Gasteiger partial charge is 0.416 e. The third-order valence-electron chi connectivity index (χ3n) is 5.29. The Kier molecular flexibility index (Phi) is 9.09. The summed E-state index contributed by atoms with van der Waals surface area (Å²) in [6.07, 6.45) is -3.49. The van der Waals surface area contributed by atoms with Crippen molar-refractivity contribution >= 4 is 17.7 Å². The number of rotatable bonds is 11. The molecule has 0 radical (unpaired) electrons. The van der Waals surface area contributed by atoms with Crippen molar-refractivity contribution in [2.75, 3.05) is 5.75 Å². The van der Waals surface area contributed by atoms with E-state index in [0.29, 0.717) is 18.6 Å². The molecule has 0 saturated heterocycles. The summed E-state index contributed by atoms with van der Waals surface area (Å²) in [6.45, 7) is 3.83. The molecule has 0 fully saturated rings. The molecule has 35 heavy (non-hydrogen) atoms. The van der Waals surface area contributed by atoms with Crippen LogP contribution in [0, 0.1) is 6.92 Å². The van der Waals surface area contributed by atoms with Crippen molar-refractivity contribution in [1.82, 2.24) is 0 Å². The van der Waals surface area contributed by atoms with Crippen molar-refractivity contribution in [3.8, 4) is 17.2 Å². The summed E-state index contributed by atoms with van der Waals surface area (Å²) < 4.78 is 51.4. The van der Waals surface area contributed by atoms with Gasteiger partial charge in [0.25, 0.3) is 0 Å². The number of carbonyl (C=O) groups is 1. The van der Waals surface area contributed by atoms with Gasteiger partial charge in [0.2, 0.25) is 0 Å². The number of thioether (sulfide) groups is 1. The van der Waals surface area contributed by atoms with Gasteiger partial charge in [-0.15, -0.1) is 11.8 Å². The molecule has 0 heterocycles. The molecule has 186 valence electrons. The summed E-state index contributed by atoms with van der Waals surface area (Å²) in [7, 11) is 0. The average Bonchev–Trinajstić information content (AvgIpc) is 2.79. The van der Waals surface area contributed by atoms with Crippen LogP contribution in [0.25, 0.3) is 0 Å². The van der Waals surface area contributed by atoms with Crippen molar-refractivity contribution < 1.29 is 32.5 Å². The number of carboxylic acids is 1. The molecule has 0 aromatic heterocycles. The van der Waals surface area contributed by atoms with Crippen LogP contribution in [-0.2, 0) is 17.4 Å². The Labute approximate surface area is 207 Å².